The van der Waals surface area contributed by atoms with Gasteiger partial charge in [-0.25, -0.2) is 0 Å². The van der Waals surface area contributed by atoms with Gasteiger partial charge in [0.15, 0.2) is 0 Å². The van der Waals surface area contributed by atoms with Crippen LogP contribution in [0.3, 0.4) is 0 Å². The number of nitrogens with two attached hydrogens (primary N) is 1. The summed E-state index contributed by atoms with van der Waals surface area (Å²) in [7, 11) is 0. The van der Waals surface area contributed by atoms with E-state index < -0.39 is 0 Å². The Labute approximate surface area is 110 Å². The van der Waals surface area contributed by atoms with E-state index >= 15 is 0 Å². The van der Waals surface area contributed by atoms with Crippen LogP contribution < -0.4 is 5.73 Å². The summed E-state index contributed by atoms with van der Waals surface area (Å²) >= 11 is 0. The number of primary amides is 1. The van der Waals surface area contributed by atoms with Crippen LogP contribution in [0.1, 0.15) is 58.3 Å². The minimum atomic E-state index is -0.268. The normalized spacial score (nSPS) is 19.8. The summed E-state index contributed by atoms with van der Waals surface area (Å²) in [6, 6.07) is 0. The average Bonchev–Trinajstić information content (AvgIpc) is 2.38. The lowest BCUT2D eigenvalue weighted by molar-refractivity contribution is -0.135. The molecule has 104 valence electrons. The number of unbranched alkanes of at least 4 members (excludes halogenated alkanes) is 4. The fourth-order valence-electron chi connectivity index (χ4n) is 2.47. The number of rotatable bonds is 7. The van der Waals surface area contributed by atoms with Crippen LogP contribution in [0.2, 0.25) is 0 Å². The second-order valence-corrected chi connectivity index (χ2v) is 5.25. The van der Waals surface area contributed by atoms with Gasteiger partial charge in [-0.05, 0) is 19.3 Å². The minimum Gasteiger partial charge on any atom is -0.369 e. The molecule has 1 rings (SSSR count). The highest BCUT2D eigenvalue weighted by molar-refractivity contribution is 5.80. The standard InChI is InChI=1S/C14H26N2O2/c1-2-3-4-5-6-9-13(17)16-10-7-8-12(11-16)14(15)18/h12H,2-11H2,1H3,(H2,15,18). The van der Waals surface area contributed by atoms with Crippen LogP contribution in [0.25, 0.3) is 0 Å². The van der Waals surface area contributed by atoms with Gasteiger partial charge >= 0.3 is 0 Å². The van der Waals surface area contributed by atoms with Crippen molar-refractivity contribution in [1.82, 2.24) is 4.90 Å². The van der Waals surface area contributed by atoms with E-state index in [0.717, 1.165) is 32.2 Å². The summed E-state index contributed by atoms with van der Waals surface area (Å²) in [6.07, 6.45) is 8.14. The number of hydrogen-bond acceptors (Lipinski definition) is 2. The quantitative estimate of drug-likeness (QED) is 0.707. The lowest BCUT2D eigenvalue weighted by atomic mass is 9.97. The molecule has 1 saturated heterocycles. The Bertz CT molecular complexity index is 279. The smallest absolute Gasteiger partial charge is 0.222 e. The summed E-state index contributed by atoms with van der Waals surface area (Å²) in [6.45, 7) is 3.50. The Morgan fingerprint density at radius 1 is 1.22 bits per heavy atom. The predicted octanol–water partition coefficient (Wildman–Crippen LogP) is 2.07. The summed E-state index contributed by atoms with van der Waals surface area (Å²) in [5.41, 5.74) is 5.31. The maximum absolute atomic E-state index is 12.0. The van der Waals surface area contributed by atoms with E-state index in [1.54, 1.807) is 0 Å². The Balaban J connectivity index is 2.22. The number of piperidine rings is 1. The van der Waals surface area contributed by atoms with Gasteiger partial charge in [-0.1, -0.05) is 32.6 Å². The van der Waals surface area contributed by atoms with Crippen LogP contribution in [0.4, 0.5) is 0 Å². The van der Waals surface area contributed by atoms with Crippen molar-refractivity contribution in [3.8, 4) is 0 Å². The zero-order valence-corrected chi connectivity index (χ0v) is 11.5. The molecule has 0 aromatic carbocycles. The van der Waals surface area contributed by atoms with Gasteiger partial charge in [-0.15, -0.1) is 0 Å². The average molecular weight is 254 g/mol. The van der Waals surface area contributed by atoms with Crippen molar-refractivity contribution < 1.29 is 9.59 Å². The highest BCUT2D eigenvalue weighted by Gasteiger charge is 2.26. The maximum atomic E-state index is 12.0. The van der Waals surface area contributed by atoms with Gasteiger partial charge in [0, 0.05) is 19.5 Å². The number of nitrogens with zero attached hydrogens (tertiary/aromatic N) is 1. The molecule has 4 nitrogen and oxygen atoms in total. The fraction of sp³-hybridized carbons (Fsp3) is 0.857. The van der Waals surface area contributed by atoms with Crippen LogP contribution in [0.5, 0.6) is 0 Å². The first kappa shape index (κ1) is 15.0. The molecule has 2 amide bonds. The van der Waals surface area contributed by atoms with Crippen molar-refractivity contribution in [1.29, 1.82) is 0 Å². The number of amides is 2. The van der Waals surface area contributed by atoms with Gasteiger partial charge in [0.05, 0.1) is 5.92 Å². The topological polar surface area (TPSA) is 63.4 Å². The van der Waals surface area contributed by atoms with Gasteiger partial charge in [0.25, 0.3) is 0 Å². The molecule has 0 saturated carbocycles. The first-order chi connectivity index (χ1) is 8.65. The number of hydrogen-bond donors (Lipinski definition) is 1. The van der Waals surface area contributed by atoms with E-state index in [1.165, 1.54) is 19.3 Å². The van der Waals surface area contributed by atoms with Gasteiger partial charge in [-0.2, -0.15) is 0 Å². The van der Waals surface area contributed by atoms with Crippen molar-refractivity contribution in [3.05, 3.63) is 0 Å². The van der Waals surface area contributed by atoms with Crippen molar-refractivity contribution in [2.24, 2.45) is 11.7 Å². The van der Waals surface area contributed by atoms with Gasteiger partial charge in [-0.3, -0.25) is 9.59 Å². The number of carbonyl (C=O) groups excluding carboxylic acids is 2. The third kappa shape index (κ3) is 5.07. The molecular weight excluding hydrogens is 228 g/mol. The molecule has 1 unspecified atom stereocenters. The van der Waals surface area contributed by atoms with Crippen molar-refractivity contribution in [3.63, 3.8) is 0 Å². The van der Waals surface area contributed by atoms with Crippen LogP contribution in [0.15, 0.2) is 0 Å². The molecule has 0 aromatic heterocycles. The Hall–Kier alpha value is -1.06. The fourth-order valence-corrected chi connectivity index (χ4v) is 2.47. The zero-order chi connectivity index (χ0) is 13.4. The number of likely N-dealkylation sites (tertiary alicyclic amines) is 1. The van der Waals surface area contributed by atoms with E-state index in [4.69, 9.17) is 5.73 Å². The molecule has 18 heavy (non-hydrogen) atoms. The maximum Gasteiger partial charge on any atom is 0.222 e. The molecule has 0 bridgehead atoms. The molecule has 1 heterocycles. The Kier molecular flexibility index (Phi) is 6.76. The van der Waals surface area contributed by atoms with Crippen LogP contribution in [0, 0.1) is 5.92 Å². The van der Waals surface area contributed by atoms with E-state index in [-0.39, 0.29) is 17.7 Å². The van der Waals surface area contributed by atoms with E-state index in [9.17, 15) is 9.59 Å². The van der Waals surface area contributed by atoms with Gasteiger partial charge in [0.2, 0.25) is 11.8 Å². The Morgan fingerprint density at radius 2 is 1.94 bits per heavy atom. The van der Waals surface area contributed by atoms with E-state index in [2.05, 4.69) is 6.92 Å². The second-order valence-electron chi connectivity index (χ2n) is 5.25. The molecule has 1 aliphatic rings. The largest absolute Gasteiger partial charge is 0.369 e. The number of carbonyl (C=O) groups is 2. The molecule has 4 heteroatoms. The van der Waals surface area contributed by atoms with Crippen molar-refractivity contribution in [2.45, 2.75) is 58.3 Å². The molecule has 1 aliphatic heterocycles. The van der Waals surface area contributed by atoms with Crippen molar-refractivity contribution >= 4 is 11.8 Å². The monoisotopic (exact) mass is 254 g/mol. The summed E-state index contributed by atoms with van der Waals surface area (Å²) in [5.74, 6) is -0.212. The molecule has 0 radical (unpaired) electrons. The molecule has 2 N–H and O–H groups in total. The third-order valence-corrected chi connectivity index (χ3v) is 3.67. The predicted molar refractivity (Wildman–Crippen MR) is 71.9 cm³/mol. The first-order valence-corrected chi connectivity index (χ1v) is 7.22. The second kappa shape index (κ2) is 8.11. The Morgan fingerprint density at radius 3 is 2.61 bits per heavy atom. The van der Waals surface area contributed by atoms with E-state index in [1.807, 2.05) is 4.90 Å². The van der Waals surface area contributed by atoms with Gasteiger partial charge < -0.3 is 10.6 Å². The van der Waals surface area contributed by atoms with Crippen LogP contribution in [-0.2, 0) is 9.59 Å². The SMILES string of the molecule is CCCCCCCC(=O)N1CCCC(C(N)=O)C1. The molecular formula is C14H26N2O2. The summed E-state index contributed by atoms with van der Waals surface area (Å²) in [5, 5.41) is 0. The van der Waals surface area contributed by atoms with E-state index in [0.29, 0.717) is 13.0 Å². The van der Waals surface area contributed by atoms with Crippen LogP contribution >= 0.6 is 0 Å². The third-order valence-electron chi connectivity index (χ3n) is 3.67. The summed E-state index contributed by atoms with van der Waals surface area (Å²) < 4.78 is 0. The molecule has 0 aromatic rings. The molecule has 1 atom stereocenters. The highest BCUT2D eigenvalue weighted by atomic mass is 16.2. The summed E-state index contributed by atoms with van der Waals surface area (Å²) in [4.78, 5) is 24.9. The van der Waals surface area contributed by atoms with Gasteiger partial charge in [0.1, 0.15) is 0 Å². The van der Waals surface area contributed by atoms with Crippen molar-refractivity contribution in [2.75, 3.05) is 13.1 Å². The molecule has 0 spiro atoms. The molecule has 0 aliphatic carbocycles. The minimum absolute atomic E-state index is 0.136. The lowest BCUT2D eigenvalue weighted by Gasteiger charge is -2.31. The van der Waals surface area contributed by atoms with Crippen LogP contribution in [-0.4, -0.2) is 29.8 Å². The highest BCUT2D eigenvalue weighted by Crippen LogP contribution is 2.17. The lowest BCUT2D eigenvalue weighted by Crippen LogP contribution is -2.44. The molecule has 1 fully saturated rings. The zero-order valence-electron chi connectivity index (χ0n) is 11.5. The first-order valence-electron chi connectivity index (χ1n) is 7.22.